The Morgan fingerprint density at radius 1 is 0.939 bits per heavy atom. The SMILES string of the molecule is C/C=C/C(=O)Oc1cnc(-c2ccc(C34CCC(CCCCCCC)(CC3)CC4)cc2)nc1. The van der Waals surface area contributed by atoms with Crippen molar-refractivity contribution < 1.29 is 9.53 Å². The van der Waals surface area contributed by atoms with Gasteiger partial charge in [-0.3, -0.25) is 0 Å². The highest BCUT2D eigenvalue weighted by Gasteiger charge is 2.48. The lowest BCUT2D eigenvalue weighted by Gasteiger charge is -2.54. The fourth-order valence-corrected chi connectivity index (χ4v) is 5.95. The van der Waals surface area contributed by atoms with Crippen molar-refractivity contribution in [3.63, 3.8) is 0 Å². The fraction of sp³-hybridized carbons (Fsp3) is 0.552. The Hall–Kier alpha value is -2.49. The van der Waals surface area contributed by atoms with Gasteiger partial charge in [-0.2, -0.15) is 0 Å². The van der Waals surface area contributed by atoms with Crippen LogP contribution in [0, 0.1) is 5.41 Å². The molecular weight excluding hydrogens is 408 g/mol. The third kappa shape index (κ3) is 5.54. The van der Waals surface area contributed by atoms with Crippen LogP contribution in [0.25, 0.3) is 11.4 Å². The lowest BCUT2D eigenvalue weighted by molar-refractivity contribution is -0.129. The van der Waals surface area contributed by atoms with E-state index in [-0.39, 0.29) is 0 Å². The topological polar surface area (TPSA) is 52.1 Å². The van der Waals surface area contributed by atoms with Crippen molar-refractivity contribution in [1.29, 1.82) is 0 Å². The highest BCUT2D eigenvalue weighted by atomic mass is 16.5. The molecule has 4 heteroatoms. The average Bonchev–Trinajstić information content (AvgIpc) is 2.86. The summed E-state index contributed by atoms with van der Waals surface area (Å²) in [5.74, 6) is 0.591. The zero-order chi connectivity index (χ0) is 23.2. The smallest absolute Gasteiger partial charge is 0.335 e. The minimum atomic E-state index is -0.419. The van der Waals surface area contributed by atoms with Crippen molar-refractivity contribution in [1.82, 2.24) is 9.97 Å². The average molecular weight is 447 g/mol. The quantitative estimate of drug-likeness (QED) is 0.214. The van der Waals surface area contributed by atoms with E-state index in [0.29, 0.717) is 22.4 Å². The number of carbonyl (C=O) groups is 1. The van der Waals surface area contributed by atoms with E-state index < -0.39 is 5.97 Å². The molecule has 0 spiro atoms. The summed E-state index contributed by atoms with van der Waals surface area (Å²) in [5, 5.41) is 0. The Balaban J connectivity index is 1.35. The maximum absolute atomic E-state index is 11.6. The molecular formula is C29H38N2O2. The zero-order valence-corrected chi connectivity index (χ0v) is 20.3. The predicted molar refractivity (Wildman–Crippen MR) is 133 cm³/mol. The van der Waals surface area contributed by atoms with Crippen LogP contribution in [0.3, 0.4) is 0 Å². The number of carbonyl (C=O) groups excluding carboxylic acids is 1. The third-order valence-electron chi connectivity index (χ3n) is 8.12. The van der Waals surface area contributed by atoms with Gasteiger partial charge in [-0.1, -0.05) is 69.4 Å². The predicted octanol–water partition coefficient (Wildman–Crippen LogP) is 7.58. The van der Waals surface area contributed by atoms with Crippen LogP contribution in [0.2, 0.25) is 0 Å². The van der Waals surface area contributed by atoms with Crippen LogP contribution in [-0.4, -0.2) is 15.9 Å². The van der Waals surface area contributed by atoms with Gasteiger partial charge in [0.1, 0.15) is 0 Å². The molecule has 0 aliphatic heterocycles. The minimum Gasteiger partial charge on any atom is -0.420 e. The van der Waals surface area contributed by atoms with Gasteiger partial charge in [-0.05, 0) is 68.3 Å². The molecule has 3 saturated carbocycles. The van der Waals surface area contributed by atoms with E-state index in [9.17, 15) is 4.79 Å². The molecule has 0 unspecified atom stereocenters. The largest absolute Gasteiger partial charge is 0.420 e. The second kappa shape index (κ2) is 10.6. The van der Waals surface area contributed by atoms with Crippen LogP contribution in [-0.2, 0) is 10.2 Å². The molecule has 2 aromatic rings. The molecule has 4 nitrogen and oxygen atoms in total. The number of allylic oxidation sites excluding steroid dienone is 1. The summed E-state index contributed by atoms with van der Waals surface area (Å²) < 4.78 is 5.18. The van der Waals surface area contributed by atoms with Gasteiger partial charge in [0.25, 0.3) is 0 Å². The number of fused-ring (bicyclic) bond motifs is 3. The van der Waals surface area contributed by atoms with Gasteiger partial charge in [0.05, 0.1) is 12.4 Å². The lowest BCUT2D eigenvalue weighted by Crippen LogP contribution is -2.44. The van der Waals surface area contributed by atoms with Gasteiger partial charge in [0.2, 0.25) is 0 Å². The maximum Gasteiger partial charge on any atom is 0.335 e. The normalized spacial score (nSPS) is 24.3. The van der Waals surface area contributed by atoms with Crippen molar-refractivity contribution in [2.75, 3.05) is 0 Å². The molecule has 33 heavy (non-hydrogen) atoms. The highest BCUT2D eigenvalue weighted by molar-refractivity contribution is 5.83. The number of nitrogens with zero attached hydrogens (tertiary/aromatic N) is 2. The molecule has 0 saturated heterocycles. The lowest BCUT2D eigenvalue weighted by atomic mass is 9.51. The Morgan fingerprint density at radius 2 is 1.58 bits per heavy atom. The summed E-state index contributed by atoms with van der Waals surface area (Å²) in [4.78, 5) is 20.3. The Labute approximate surface area is 198 Å². The molecule has 3 aliphatic rings. The Bertz CT molecular complexity index is 922. The van der Waals surface area contributed by atoms with Crippen LogP contribution in [0.1, 0.15) is 96.5 Å². The summed E-state index contributed by atoms with van der Waals surface area (Å²) >= 11 is 0. The zero-order valence-electron chi connectivity index (χ0n) is 20.3. The summed E-state index contributed by atoms with van der Waals surface area (Å²) in [5.41, 5.74) is 3.49. The molecule has 1 heterocycles. The van der Waals surface area contributed by atoms with E-state index in [0.717, 1.165) is 5.56 Å². The van der Waals surface area contributed by atoms with Crippen LogP contribution < -0.4 is 4.74 Å². The number of ether oxygens (including phenoxy) is 1. The number of benzene rings is 1. The van der Waals surface area contributed by atoms with Gasteiger partial charge in [-0.15, -0.1) is 0 Å². The molecule has 1 aromatic carbocycles. The second-order valence-corrected chi connectivity index (χ2v) is 10.2. The second-order valence-electron chi connectivity index (χ2n) is 10.2. The monoisotopic (exact) mass is 446 g/mol. The van der Waals surface area contributed by atoms with Gasteiger partial charge in [0, 0.05) is 11.6 Å². The standard InChI is InChI=1S/C29H38N2O2/c1-3-5-6-7-8-14-28-15-18-29(19-16-28,20-17-28)24-12-10-23(11-13-24)27-30-21-25(22-31-27)33-26(32)9-4-2/h4,9-13,21-22H,3,5-8,14-20H2,1-2H3/b9-4+. The molecule has 1 aromatic heterocycles. The molecule has 0 radical (unpaired) electrons. The molecule has 3 fully saturated rings. The van der Waals surface area contributed by atoms with Gasteiger partial charge < -0.3 is 4.74 Å². The van der Waals surface area contributed by atoms with Crippen molar-refractivity contribution >= 4 is 5.97 Å². The molecule has 0 N–H and O–H groups in total. The summed E-state index contributed by atoms with van der Waals surface area (Å²) in [7, 11) is 0. The number of esters is 1. The van der Waals surface area contributed by atoms with Gasteiger partial charge in [0.15, 0.2) is 11.6 Å². The highest BCUT2D eigenvalue weighted by Crippen LogP contribution is 2.59. The van der Waals surface area contributed by atoms with E-state index in [2.05, 4.69) is 41.2 Å². The van der Waals surface area contributed by atoms with Crippen LogP contribution in [0.4, 0.5) is 0 Å². The van der Waals surface area contributed by atoms with E-state index in [1.54, 1.807) is 25.4 Å². The first-order valence-electron chi connectivity index (χ1n) is 12.9. The van der Waals surface area contributed by atoms with Crippen LogP contribution in [0.15, 0.2) is 48.8 Å². The molecule has 0 atom stereocenters. The Morgan fingerprint density at radius 3 is 2.18 bits per heavy atom. The summed E-state index contributed by atoms with van der Waals surface area (Å²) in [6.45, 7) is 4.07. The van der Waals surface area contributed by atoms with E-state index >= 15 is 0 Å². The maximum atomic E-state index is 11.6. The first kappa shape index (κ1) is 23.7. The number of unbranched alkanes of at least 4 members (excludes halogenated alkanes) is 4. The van der Waals surface area contributed by atoms with Crippen LogP contribution in [0.5, 0.6) is 5.75 Å². The number of hydrogen-bond donors (Lipinski definition) is 0. The number of aromatic nitrogens is 2. The van der Waals surface area contributed by atoms with Crippen LogP contribution >= 0.6 is 0 Å². The number of hydrogen-bond acceptors (Lipinski definition) is 4. The molecule has 176 valence electrons. The van der Waals surface area contributed by atoms with E-state index in [1.807, 2.05) is 0 Å². The molecule has 5 rings (SSSR count). The van der Waals surface area contributed by atoms with Gasteiger partial charge in [-0.25, -0.2) is 14.8 Å². The summed E-state index contributed by atoms with van der Waals surface area (Å²) in [6, 6.07) is 8.88. The van der Waals surface area contributed by atoms with Crippen molar-refractivity contribution in [3.8, 4) is 17.1 Å². The van der Waals surface area contributed by atoms with Gasteiger partial charge >= 0.3 is 5.97 Å². The van der Waals surface area contributed by atoms with Crippen molar-refractivity contribution in [3.05, 3.63) is 54.4 Å². The fourth-order valence-electron chi connectivity index (χ4n) is 5.95. The minimum absolute atomic E-state index is 0.357. The molecule has 0 amide bonds. The Kier molecular flexibility index (Phi) is 7.62. The molecule has 2 bridgehead atoms. The first-order valence-corrected chi connectivity index (χ1v) is 12.9. The number of rotatable bonds is 10. The third-order valence-corrected chi connectivity index (χ3v) is 8.12. The first-order chi connectivity index (χ1) is 16.1. The van der Waals surface area contributed by atoms with E-state index in [4.69, 9.17) is 4.74 Å². The van der Waals surface area contributed by atoms with E-state index in [1.165, 1.54) is 88.7 Å². The van der Waals surface area contributed by atoms with Crippen molar-refractivity contribution in [2.24, 2.45) is 5.41 Å². The van der Waals surface area contributed by atoms with Crippen molar-refractivity contribution in [2.45, 2.75) is 96.3 Å². The molecule has 3 aliphatic carbocycles. The summed E-state index contributed by atoms with van der Waals surface area (Å²) in [6.07, 6.45) is 22.8.